The summed E-state index contributed by atoms with van der Waals surface area (Å²) >= 11 is 0. The minimum absolute atomic E-state index is 0.00745. The van der Waals surface area contributed by atoms with E-state index in [9.17, 15) is 13.2 Å². The van der Waals surface area contributed by atoms with E-state index in [0.29, 0.717) is 12.3 Å². The number of anilines is 1. The maximum Gasteiger partial charge on any atom is 0.322 e. The molecule has 0 unspecified atom stereocenters. The molecular weight excluding hydrogens is 366 g/mol. The second kappa shape index (κ2) is 7.32. The van der Waals surface area contributed by atoms with E-state index < -0.39 is 15.7 Å². The van der Waals surface area contributed by atoms with E-state index in [4.69, 9.17) is 4.42 Å². The van der Waals surface area contributed by atoms with Crippen molar-refractivity contribution in [2.45, 2.75) is 25.2 Å². The molecular formula is C19H19N3O4S. The van der Waals surface area contributed by atoms with Crippen LogP contribution >= 0.6 is 0 Å². The monoisotopic (exact) mass is 385 g/mol. The Kier molecular flexibility index (Phi) is 5.09. The molecule has 1 amide bonds. The zero-order valence-corrected chi connectivity index (χ0v) is 16.0. The zero-order valence-electron chi connectivity index (χ0n) is 15.2. The van der Waals surface area contributed by atoms with Crippen molar-refractivity contribution in [1.29, 1.82) is 0 Å². The lowest BCUT2D eigenvalue weighted by Crippen LogP contribution is -2.12. The first kappa shape index (κ1) is 18.8. The van der Waals surface area contributed by atoms with E-state index in [1.165, 1.54) is 29.8 Å². The average molecular weight is 385 g/mol. The number of carbonyl (C=O) groups is 1. The molecule has 0 aliphatic carbocycles. The molecule has 0 saturated carbocycles. The normalized spacial score (nSPS) is 11.4. The summed E-state index contributed by atoms with van der Waals surface area (Å²) in [7, 11) is -3.31. The van der Waals surface area contributed by atoms with Crippen LogP contribution in [0, 0.1) is 13.8 Å². The molecule has 3 rings (SSSR count). The highest BCUT2D eigenvalue weighted by Gasteiger charge is 2.14. The van der Waals surface area contributed by atoms with Gasteiger partial charge in [0, 0.05) is 11.8 Å². The molecule has 0 spiro atoms. The van der Waals surface area contributed by atoms with E-state index in [1.807, 2.05) is 26.0 Å². The topological polar surface area (TPSA) is 102 Å². The zero-order chi connectivity index (χ0) is 19.6. The Labute approximate surface area is 157 Å². The summed E-state index contributed by atoms with van der Waals surface area (Å²) in [6, 6.07) is 11.7. The van der Waals surface area contributed by atoms with Crippen LogP contribution in [0.5, 0.6) is 0 Å². The highest BCUT2D eigenvalue weighted by molar-refractivity contribution is 7.90. The van der Waals surface area contributed by atoms with Crippen LogP contribution in [0.3, 0.4) is 0 Å². The van der Waals surface area contributed by atoms with Gasteiger partial charge in [-0.3, -0.25) is 10.1 Å². The molecule has 1 aromatic heterocycles. The van der Waals surface area contributed by atoms with Gasteiger partial charge in [0.15, 0.2) is 9.84 Å². The van der Waals surface area contributed by atoms with E-state index in [0.717, 1.165) is 17.4 Å². The average Bonchev–Trinajstić information content (AvgIpc) is 3.04. The third-order valence-corrected chi connectivity index (χ3v) is 5.20. The van der Waals surface area contributed by atoms with Gasteiger partial charge in [0.1, 0.15) is 0 Å². The molecule has 0 saturated heterocycles. The van der Waals surface area contributed by atoms with E-state index in [2.05, 4.69) is 21.6 Å². The Hall–Kier alpha value is -3.00. The number of amides is 1. The van der Waals surface area contributed by atoms with Crippen LogP contribution in [-0.4, -0.2) is 30.8 Å². The van der Waals surface area contributed by atoms with Crippen molar-refractivity contribution < 1.29 is 17.6 Å². The van der Waals surface area contributed by atoms with Crippen molar-refractivity contribution in [3.05, 3.63) is 70.6 Å². The number of rotatable bonds is 5. The van der Waals surface area contributed by atoms with Crippen molar-refractivity contribution in [2.75, 3.05) is 11.6 Å². The lowest BCUT2D eigenvalue weighted by Gasteiger charge is -2.04. The van der Waals surface area contributed by atoms with Crippen molar-refractivity contribution in [1.82, 2.24) is 10.2 Å². The third kappa shape index (κ3) is 4.59. The predicted molar refractivity (Wildman–Crippen MR) is 101 cm³/mol. The van der Waals surface area contributed by atoms with Crippen molar-refractivity contribution >= 4 is 21.8 Å². The smallest absolute Gasteiger partial charge is 0.322 e. The Bertz CT molecular complexity index is 1090. The first-order chi connectivity index (χ1) is 12.7. The minimum atomic E-state index is -3.31. The number of hydrogen-bond donors (Lipinski definition) is 1. The molecule has 3 aromatic rings. The minimum Gasteiger partial charge on any atom is -0.407 e. The predicted octanol–water partition coefficient (Wildman–Crippen LogP) is 2.93. The van der Waals surface area contributed by atoms with Crippen molar-refractivity contribution in [3.8, 4) is 0 Å². The quantitative estimate of drug-likeness (QED) is 0.724. The summed E-state index contributed by atoms with van der Waals surface area (Å²) in [6.45, 7) is 4.04. The largest absolute Gasteiger partial charge is 0.407 e. The van der Waals surface area contributed by atoms with Crippen LogP contribution in [0.2, 0.25) is 0 Å². The highest BCUT2D eigenvalue weighted by atomic mass is 32.2. The Morgan fingerprint density at radius 2 is 1.78 bits per heavy atom. The number of nitrogens with zero attached hydrogens (tertiary/aromatic N) is 2. The number of aromatic nitrogens is 2. The number of carbonyl (C=O) groups excluding carboxylic acids is 1. The summed E-state index contributed by atoms with van der Waals surface area (Å²) in [5.41, 5.74) is 3.66. The summed E-state index contributed by atoms with van der Waals surface area (Å²) in [4.78, 5) is 12.4. The standard InChI is InChI=1S/C19H19N3O4S/c1-12-4-5-15(13(2)10-12)11-17-21-22-19(26-17)20-18(23)14-6-8-16(9-7-14)27(3,24)25/h4-10H,11H2,1-3H3,(H,20,22,23). The maximum atomic E-state index is 12.2. The van der Waals surface area contributed by atoms with Crippen LogP contribution in [-0.2, 0) is 16.3 Å². The lowest BCUT2D eigenvalue weighted by molar-refractivity contribution is 0.102. The second-order valence-corrected chi connectivity index (χ2v) is 8.37. The van der Waals surface area contributed by atoms with Gasteiger partial charge in [-0.15, -0.1) is 5.10 Å². The Balaban J connectivity index is 1.69. The second-order valence-electron chi connectivity index (χ2n) is 6.36. The molecule has 0 aliphatic rings. The van der Waals surface area contributed by atoms with Gasteiger partial charge in [0.25, 0.3) is 5.91 Å². The fraction of sp³-hybridized carbons (Fsp3) is 0.211. The van der Waals surface area contributed by atoms with Crippen LogP contribution in [0.15, 0.2) is 51.8 Å². The lowest BCUT2D eigenvalue weighted by atomic mass is 10.0. The summed E-state index contributed by atoms with van der Waals surface area (Å²) in [5, 5.41) is 10.3. The SMILES string of the molecule is Cc1ccc(Cc2nnc(NC(=O)c3ccc(S(C)(=O)=O)cc3)o2)c(C)c1. The van der Waals surface area contributed by atoms with E-state index >= 15 is 0 Å². The molecule has 0 radical (unpaired) electrons. The van der Waals surface area contributed by atoms with Gasteiger partial charge in [0.2, 0.25) is 5.89 Å². The number of nitrogens with one attached hydrogen (secondary N) is 1. The first-order valence-electron chi connectivity index (χ1n) is 8.22. The number of aryl methyl sites for hydroxylation is 2. The summed E-state index contributed by atoms with van der Waals surface area (Å²) in [5.74, 6) is -0.0681. The van der Waals surface area contributed by atoms with E-state index in [1.54, 1.807) is 0 Å². The van der Waals surface area contributed by atoms with Crippen LogP contribution in [0.25, 0.3) is 0 Å². The van der Waals surface area contributed by atoms with Gasteiger partial charge < -0.3 is 4.42 Å². The molecule has 0 fully saturated rings. The number of hydrogen-bond acceptors (Lipinski definition) is 6. The summed E-state index contributed by atoms with van der Waals surface area (Å²) in [6.07, 6.45) is 1.58. The first-order valence-corrected chi connectivity index (χ1v) is 10.1. The Morgan fingerprint density at radius 1 is 1.07 bits per heavy atom. The molecule has 0 atom stereocenters. The van der Waals surface area contributed by atoms with Gasteiger partial charge >= 0.3 is 6.01 Å². The van der Waals surface area contributed by atoms with Crippen LogP contribution < -0.4 is 5.32 Å². The van der Waals surface area contributed by atoms with Gasteiger partial charge in [0.05, 0.1) is 11.3 Å². The molecule has 27 heavy (non-hydrogen) atoms. The van der Waals surface area contributed by atoms with Crippen molar-refractivity contribution in [2.24, 2.45) is 0 Å². The molecule has 140 valence electrons. The molecule has 1 heterocycles. The molecule has 0 aliphatic heterocycles. The number of sulfone groups is 1. The molecule has 0 bridgehead atoms. The molecule has 8 heteroatoms. The van der Waals surface area contributed by atoms with Gasteiger partial charge in [-0.1, -0.05) is 28.9 Å². The van der Waals surface area contributed by atoms with Crippen LogP contribution in [0.1, 0.15) is 32.9 Å². The molecule has 2 aromatic carbocycles. The maximum absolute atomic E-state index is 12.2. The summed E-state index contributed by atoms with van der Waals surface area (Å²) < 4.78 is 28.4. The number of benzene rings is 2. The Morgan fingerprint density at radius 3 is 2.41 bits per heavy atom. The fourth-order valence-corrected chi connectivity index (χ4v) is 3.24. The third-order valence-electron chi connectivity index (χ3n) is 4.07. The van der Waals surface area contributed by atoms with Crippen molar-refractivity contribution in [3.63, 3.8) is 0 Å². The highest BCUT2D eigenvalue weighted by Crippen LogP contribution is 2.17. The van der Waals surface area contributed by atoms with Crippen LogP contribution in [0.4, 0.5) is 6.01 Å². The van der Waals surface area contributed by atoms with Gasteiger partial charge in [-0.25, -0.2) is 8.42 Å². The van der Waals surface area contributed by atoms with Gasteiger partial charge in [-0.05, 0) is 49.2 Å². The van der Waals surface area contributed by atoms with Gasteiger partial charge in [-0.2, -0.15) is 0 Å². The molecule has 7 nitrogen and oxygen atoms in total. The van der Waals surface area contributed by atoms with E-state index in [-0.39, 0.29) is 16.5 Å². The molecule has 1 N–H and O–H groups in total. The fourth-order valence-electron chi connectivity index (χ4n) is 2.61.